The first kappa shape index (κ1) is 17.8. The van der Waals surface area contributed by atoms with Gasteiger partial charge in [-0.05, 0) is 31.0 Å². The molecule has 0 saturated carbocycles. The summed E-state index contributed by atoms with van der Waals surface area (Å²) in [7, 11) is 1.80. The number of halogens is 2. The maximum absolute atomic E-state index is 12.6. The maximum atomic E-state index is 12.6. The van der Waals surface area contributed by atoms with E-state index >= 15 is 0 Å². The minimum atomic E-state index is -0.523. The van der Waals surface area contributed by atoms with Crippen LogP contribution in [0.15, 0.2) is 24.3 Å². The van der Waals surface area contributed by atoms with Crippen LogP contribution < -0.4 is 10.2 Å². The second kappa shape index (κ2) is 7.06. The van der Waals surface area contributed by atoms with Crippen molar-refractivity contribution in [2.75, 3.05) is 11.4 Å². The van der Waals surface area contributed by atoms with E-state index in [1.54, 1.807) is 34.8 Å². The number of nitrogens with zero attached hydrogens (tertiary/aromatic N) is 3. The van der Waals surface area contributed by atoms with Crippen molar-refractivity contribution in [2.24, 2.45) is 7.05 Å². The lowest BCUT2D eigenvalue weighted by atomic mass is 10.1. The van der Waals surface area contributed by atoms with Gasteiger partial charge >= 0.3 is 0 Å². The summed E-state index contributed by atoms with van der Waals surface area (Å²) in [6, 6.07) is 6.39. The van der Waals surface area contributed by atoms with Crippen LogP contribution in [0.1, 0.15) is 17.7 Å². The first-order valence-electron chi connectivity index (χ1n) is 7.90. The Labute approximate surface area is 155 Å². The molecule has 1 saturated heterocycles. The summed E-state index contributed by atoms with van der Waals surface area (Å²) in [6.45, 7) is 2.43. The summed E-state index contributed by atoms with van der Waals surface area (Å²) in [5.41, 5.74) is 1.59. The van der Waals surface area contributed by atoms with Gasteiger partial charge in [-0.15, -0.1) is 0 Å². The number of hydrogen-bond acceptors (Lipinski definition) is 3. The lowest BCUT2D eigenvalue weighted by Crippen LogP contribution is -2.42. The molecule has 3 rings (SSSR count). The first-order chi connectivity index (χ1) is 11.8. The number of hydrogen-bond donors (Lipinski definition) is 1. The van der Waals surface area contributed by atoms with Crippen molar-refractivity contribution in [3.05, 3.63) is 45.6 Å². The van der Waals surface area contributed by atoms with E-state index in [1.165, 1.54) is 0 Å². The van der Waals surface area contributed by atoms with Crippen LogP contribution >= 0.6 is 23.2 Å². The summed E-state index contributed by atoms with van der Waals surface area (Å²) in [4.78, 5) is 26.5. The number of aryl methyl sites for hydroxylation is 2. The number of anilines is 1. The fraction of sp³-hybridized carbons (Fsp3) is 0.353. The molecule has 2 aromatic rings. The average Bonchev–Trinajstić information content (AvgIpc) is 3.05. The molecule has 0 bridgehead atoms. The standard InChI is InChI=1S/C17H18Cl2N4O2/c1-10-7-16(22(2)21-10)23-6-5-14(17(23)25)20-15(24)9-11-3-4-12(18)13(19)8-11/h3-4,7-8,14H,5-6,9H2,1-2H3,(H,20,24)/t14-/m0/s1. The summed E-state index contributed by atoms with van der Waals surface area (Å²) >= 11 is 11.8. The van der Waals surface area contributed by atoms with E-state index in [9.17, 15) is 9.59 Å². The molecule has 0 aliphatic carbocycles. The molecule has 1 aromatic heterocycles. The Morgan fingerprint density at radius 1 is 1.32 bits per heavy atom. The van der Waals surface area contributed by atoms with Gasteiger partial charge in [-0.2, -0.15) is 5.10 Å². The lowest BCUT2D eigenvalue weighted by molar-refractivity contribution is -0.126. The average molecular weight is 381 g/mol. The Kier molecular flexibility index (Phi) is 5.01. The molecule has 0 radical (unpaired) electrons. The zero-order valence-corrected chi connectivity index (χ0v) is 15.4. The van der Waals surface area contributed by atoms with Crippen LogP contribution in [0.4, 0.5) is 5.82 Å². The van der Waals surface area contributed by atoms with Gasteiger partial charge in [0.05, 0.1) is 22.2 Å². The first-order valence-corrected chi connectivity index (χ1v) is 8.66. The molecular formula is C17H18Cl2N4O2. The molecule has 8 heteroatoms. The third-order valence-corrected chi connectivity index (χ3v) is 4.88. The van der Waals surface area contributed by atoms with Crippen molar-refractivity contribution in [1.29, 1.82) is 0 Å². The van der Waals surface area contributed by atoms with Crippen LogP contribution in [0, 0.1) is 6.92 Å². The predicted octanol–water partition coefficient (Wildman–Crippen LogP) is 2.50. The Morgan fingerprint density at radius 2 is 2.08 bits per heavy atom. The van der Waals surface area contributed by atoms with Crippen LogP contribution in [0.2, 0.25) is 10.0 Å². The quantitative estimate of drug-likeness (QED) is 0.885. The molecule has 1 aliphatic heterocycles. The van der Waals surface area contributed by atoms with E-state index in [0.29, 0.717) is 23.0 Å². The van der Waals surface area contributed by atoms with Crippen molar-refractivity contribution in [2.45, 2.75) is 25.8 Å². The molecule has 0 spiro atoms. The SMILES string of the molecule is Cc1cc(N2CC[C@H](NC(=O)Cc3ccc(Cl)c(Cl)c3)C2=O)n(C)n1. The third kappa shape index (κ3) is 3.80. The number of rotatable bonds is 4. The summed E-state index contributed by atoms with van der Waals surface area (Å²) in [5, 5.41) is 7.91. The highest BCUT2D eigenvalue weighted by atomic mass is 35.5. The van der Waals surface area contributed by atoms with Gasteiger partial charge in [0.25, 0.3) is 5.91 Å². The van der Waals surface area contributed by atoms with Crippen molar-refractivity contribution < 1.29 is 9.59 Å². The molecule has 25 heavy (non-hydrogen) atoms. The summed E-state index contributed by atoms with van der Waals surface area (Å²) in [6.07, 6.45) is 0.710. The second-order valence-electron chi connectivity index (χ2n) is 6.09. The van der Waals surface area contributed by atoms with Gasteiger partial charge < -0.3 is 5.32 Å². The van der Waals surface area contributed by atoms with Crippen molar-refractivity contribution >= 4 is 40.8 Å². The monoisotopic (exact) mass is 380 g/mol. The second-order valence-corrected chi connectivity index (χ2v) is 6.91. The van der Waals surface area contributed by atoms with E-state index in [0.717, 1.165) is 17.1 Å². The Bertz CT molecular complexity index is 834. The molecule has 6 nitrogen and oxygen atoms in total. The minimum absolute atomic E-state index is 0.120. The normalized spacial score (nSPS) is 17.2. The number of carbonyl (C=O) groups excluding carboxylic acids is 2. The molecule has 0 unspecified atom stereocenters. The Morgan fingerprint density at radius 3 is 2.72 bits per heavy atom. The van der Waals surface area contributed by atoms with Gasteiger partial charge in [0.1, 0.15) is 11.9 Å². The molecule has 132 valence electrons. The molecule has 1 fully saturated rings. The molecule has 2 heterocycles. The van der Waals surface area contributed by atoms with E-state index in [1.807, 2.05) is 13.0 Å². The predicted molar refractivity (Wildman–Crippen MR) is 97.0 cm³/mol. The number of amides is 2. The summed E-state index contributed by atoms with van der Waals surface area (Å²) < 4.78 is 1.67. The number of benzene rings is 1. The minimum Gasteiger partial charge on any atom is -0.344 e. The molecule has 1 aromatic carbocycles. The fourth-order valence-corrected chi connectivity index (χ4v) is 3.29. The van der Waals surface area contributed by atoms with Gasteiger partial charge in [-0.25, -0.2) is 0 Å². The fourth-order valence-electron chi connectivity index (χ4n) is 2.97. The lowest BCUT2D eigenvalue weighted by Gasteiger charge is -2.17. The van der Waals surface area contributed by atoms with Gasteiger partial charge in [0.15, 0.2) is 0 Å². The van der Waals surface area contributed by atoms with Crippen molar-refractivity contribution in [3.63, 3.8) is 0 Å². The molecular weight excluding hydrogens is 363 g/mol. The Balaban J connectivity index is 1.63. The van der Waals surface area contributed by atoms with E-state index in [-0.39, 0.29) is 18.2 Å². The maximum Gasteiger partial charge on any atom is 0.250 e. The number of carbonyl (C=O) groups is 2. The highest BCUT2D eigenvalue weighted by Gasteiger charge is 2.35. The largest absolute Gasteiger partial charge is 0.344 e. The van der Waals surface area contributed by atoms with Crippen molar-refractivity contribution in [3.8, 4) is 0 Å². The van der Waals surface area contributed by atoms with Crippen LogP contribution in [-0.2, 0) is 23.1 Å². The number of nitrogens with one attached hydrogen (secondary N) is 1. The van der Waals surface area contributed by atoms with Gasteiger partial charge in [-0.3, -0.25) is 19.2 Å². The topological polar surface area (TPSA) is 67.2 Å². The zero-order valence-electron chi connectivity index (χ0n) is 13.9. The van der Waals surface area contributed by atoms with E-state index in [2.05, 4.69) is 10.4 Å². The van der Waals surface area contributed by atoms with Crippen molar-refractivity contribution in [1.82, 2.24) is 15.1 Å². The third-order valence-electron chi connectivity index (χ3n) is 4.14. The Hall–Kier alpha value is -2.05. The molecule has 1 aliphatic rings. The van der Waals surface area contributed by atoms with Gasteiger partial charge in [0, 0.05) is 19.7 Å². The highest BCUT2D eigenvalue weighted by Crippen LogP contribution is 2.24. The molecule has 2 amide bonds. The highest BCUT2D eigenvalue weighted by molar-refractivity contribution is 6.42. The van der Waals surface area contributed by atoms with Crippen LogP contribution in [0.25, 0.3) is 0 Å². The van der Waals surface area contributed by atoms with Crippen LogP contribution in [0.5, 0.6) is 0 Å². The smallest absolute Gasteiger partial charge is 0.250 e. The van der Waals surface area contributed by atoms with Gasteiger partial charge in [0.2, 0.25) is 5.91 Å². The van der Waals surface area contributed by atoms with E-state index in [4.69, 9.17) is 23.2 Å². The summed E-state index contributed by atoms with van der Waals surface area (Å²) in [5.74, 6) is 0.397. The van der Waals surface area contributed by atoms with E-state index < -0.39 is 6.04 Å². The van der Waals surface area contributed by atoms with Crippen LogP contribution in [0.3, 0.4) is 0 Å². The van der Waals surface area contributed by atoms with Gasteiger partial charge in [-0.1, -0.05) is 29.3 Å². The zero-order chi connectivity index (χ0) is 18.1. The van der Waals surface area contributed by atoms with Crippen LogP contribution in [-0.4, -0.2) is 34.2 Å². The molecule has 1 atom stereocenters. The number of aromatic nitrogens is 2. The molecule has 1 N–H and O–H groups in total.